The second-order valence-corrected chi connectivity index (χ2v) is 6.62. The van der Waals surface area contributed by atoms with E-state index in [1.54, 1.807) is 0 Å². The van der Waals surface area contributed by atoms with E-state index in [-0.39, 0.29) is 6.04 Å². The van der Waals surface area contributed by atoms with Crippen LogP contribution in [0.3, 0.4) is 0 Å². The minimum Gasteiger partial charge on any atom is -0.419 e. The van der Waals surface area contributed by atoms with E-state index in [4.69, 9.17) is 4.42 Å². The molecule has 24 heavy (non-hydrogen) atoms. The monoisotopic (exact) mass is 326 g/mol. The smallest absolute Gasteiger partial charge is 0.247 e. The fraction of sp³-hybridized carbons (Fsp3) is 0.500. The first-order chi connectivity index (χ1) is 11.7. The first-order valence-corrected chi connectivity index (χ1v) is 8.64. The summed E-state index contributed by atoms with van der Waals surface area (Å²) in [6, 6.07) is 9.87. The van der Waals surface area contributed by atoms with Gasteiger partial charge in [0.05, 0.1) is 6.04 Å². The summed E-state index contributed by atoms with van der Waals surface area (Å²) >= 11 is 0. The number of nitrogens with zero attached hydrogens (tertiary/aromatic N) is 4. The Bertz CT molecular complexity index is 703. The van der Waals surface area contributed by atoms with Gasteiger partial charge in [0.2, 0.25) is 17.7 Å². The zero-order valence-electron chi connectivity index (χ0n) is 13.9. The minimum atomic E-state index is 0.0631. The highest BCUT2D eigenvalue weighted by Crippen LogP contribution is 2.32. The molecule has 1 amide bonds. The van der Waals surface area contributed by atoms with Crippen LogP contribution in [0.5, 0.6) is 0 Å². The SMILES string of the molecule is C[C@@H](c1nnc(-c2ccccc2)o1)N1CCN(C(=O)C2CC2)CC1. The Morgan fingerprint density at radius 1 is 1.12 bits per heavy atom. The van der Waals surface area contributed by atoms with Crippen molar-refractivity contribution in [1.82, 2.24) is 20.0 Å². The Kier molecular flexibility index (Phi) is 4.06. The van der Waals surface area contributed by atoms with Crippen LogP contribution in [0.25, 0.3) is 11.5 Å². The van der Waals surface area contributed by atoms with Gasteiger partial charge in [-0.3, -0.25) is 9.69 Å². The highest BCUT2D eigenvalue weighted by atomic mass is 16.4. The predicted octanol–water partition coefficient (Wildman–Crippen LogP) is 2.35. The Morgan fingerprint density at radius 3 is 2.50 bits per heavy atom. The Hall–Kier alpha value is -2.21. The molecule has 0 radical (unpaired) electrons. The molecule has 4 rings (SSSR count). The fourth-order valence-electron chi connectivity index (χ4n) is 3.18. The Labute approximate surface area is 141 Å². The van der Waals surface area contributed by atoms with Gasteiger partial charge in [-0.05, 0) is 31.9 Å². The van der Waals surface area contributed by atoms with Crippen LogP contribution < -0.4 is 0 Å². The lowest BCUT2D eigenvalue weighted by Gasteiger charge is -2.37. The molecule has 0 unspecified atom stereocenters. The number of carbonyl (C=O) groups is 1. The molecule has 126 valence electrons. The van der Waals surface area contributed by atoms with Crippen molar-refractivity contribution in [1.29, 1.82) is 0 Å². The van der Waals surface area contributed by atoms with E-state index in [0.29, 0.717) is 23.6 Å². The number of rotatable bonds is 4. The zero-order valence-corrected chi connectivity index (χ0v) is 13.9. The van der Waals surface area contributed by atoms with E-state index in [1.165, 1.54) is 0 Å². The molecule has 1 saturated heterocycles. The summed E-state index contributed by atoms with van der Waals surface area (Å²) in [6.07, 6.45) is 2.14. The van der Waals surface area contributed by atoms with Crippen LogP contribution in [0, 0.1) is 5.92 Å². The van der Waals surface area contributed by atoms with Gasteiger partial charge in [-0.25, -0.2) is 0 Å². The number of amides is 1. The summed E-state index contributed by atoms with van der Waals surface area (Å²) in [5, 5.41) is 8.39. The molecule has 2 fully saturated rings. The number of carbonyl (C=O) groups excluding carboxylic acids is 1. The third-order valence-corrected chi connectivity index (χ3v) is 4.92. The highest BCUT2D eigenvalue weighted by Gasteiger charge is 2.35. The molecule has 6 heteroatoms. The molecule has 2 aliphatic rings. The standard InChI is InChI=1S/C18H22N4O2/c1-13(16-19-20-17(24-16)14-5-3-2-4-6-14)21-9-11-22(12-10-21)18(23)15-7-8-15/h2-6,13,15H,7-12H2,1H3/t13-/m0/s1. The molecule has 2 aromatic rings. The van der Waals surface area contributed by atoms with Crippen molar-refractivity contribution in [3.8, 4) is 11.5 Å². The van der Waals surface area contributed by atoms with Gasteiger partial charge in [-0.1, -0.05) is 18.2 Å². The summed E-state index contributed by atoms with van der Waals surface area (Å²) in [4.78, 5) is 16.4. The Morgan fingerprint density at radius 2 is 1.83 bits per heavy atom. The van der Waals surface area contributed by atoms with E-state index in [0.717, 1.165) is 44.6 Å². The van der Waals surface area contributed by atoms with Crippen LogP contribution in [0.4, 0.5) is 0 Å². The third kappa shape index (κ3) is 3.06. The van der Waals surface area contributed by atoms with Crippen molar-refractivity contribution >= 4 is 5.91 Å². The molecule has 1 atom stereocenters. The maximum atomic E-state index is 12.1. The second-order valence-electron chi connectivity index (χ2n) is 6.62. The van der Waals surface area contributed by atoms with Crippen molar-refractivity contribution in [2.24, 2.45) is 5.92 Å². The topological polar surface area (TPSA) is 62.5 Å². The molecular weight excluding hydrogens is 304 g/mol. The lowest BCUT2D eigenvalue weighted by atomic mass is 10.2. The predicted molar refractivity (Wildman–Crippen MR) is 89.0 cm³/mol. The molecular formula is C18H22N4O2. The molecule has 6 nitrogen and oxygen atoms in total. The molecule has 1 aliphatic carbocycles. The van der Waals surface area contributed by atoms with Crippen LogP contribution in [-0.4, -0.2) is 52.1 Å². The zero-order chi connectivity index (χ0) is 16.5. The molecule has 0 bridgehead atoms. The van der Waals surface area contributed by atoms with Gasteiger partial charge in [0.1, 0.15) is 0 Å². The summed E-state index contributed by atoms with van der Waals surface area (Å²) < 4.78 is 5.86. The van der Waals surface area contributed by atoms with Crippen LogP contribution >= 0.6 is 0 Å². The van der Waals surface area contributed by atoms with Crippen LogP contribution in [0.2, 0.25) is 0 Å². The molecule has 1 aromatic heterocycles. The summed E-state index contributed by atoms with van der Waals surface area (Å²) in [7, 11) is 0. The van der Waals surface area contributed by atoms with E-state index < -0.39 is 0 Å². The average Bonchev–Trinajstić information content (AvgIpc) is 3.38. The molecule has 1 saturated carbocycles. The maximum Gasteiger partial charge on any atom is 0.247 e. The van der Waals surface area contributed by atoms with Crippen LogP contribution in [0.1, 0.15) is 31.7 Å². The number of hydrogen-bond donors (Lipinski definition) is 0. The number of hydrogen-bond acceptors (Lipinski definition) is 5. The first kappa shape index (κ1) is 15.3. The lowest BCUT2D eigenvalue weighted by Crippen LogP contribution is -2.49. The van der Waals surface area contributed by atoms with Gasteiger partial charge in [0, 0.05) is 37.7 Å². The Balaban J connectivity index is 1.39. The lowest BCUT2D eigenvalue weighted by molar-refractivity contribution is -0.134. The first-order valence-electron chi connectivity index (χ1n) is 8.64. The molecule has 2 heterocycles. The van der Waals surface area contributed by atoms with Gasteiger partial charge < -0.3 is 9.32 Å². The van der Waals surface area contributed by atoms with E-state index in [1.807, 2.05) is 35.2 Å². The fourth-order valence-corrected chi connectivity index (χ4v) is 3.18. The van der Waals surface area contributed by atoms with Gasteiger partial charge in [-0.15, -0.1) is 10.2 Å². The van der Waals surface area contributed by atoms with Crippen molar-refractivity contribution in [3.63, 3.8) is 0 Å². The van der Waals surface area contributed by atoms with E-state index >= 15 is 0 Å². The van der Waals surface area contributed by atoms with Crippen molar-refractivity contribution in [2.75, 3.05) is 26.2 Å². The third-order valence-electron chi connectivity index (χ3n) is 4.92. The largest absolute Gasteiger partial charge is 0.419 e. The van der Waals surface area contributed by atoms with Gasteiger partial charge in [0.25, 0.3) is 0 Å². The van der Waals surface area contributed by atoms with Gasteiger partial charge in [-0.2, -0.15) is 0 Å². The van der Waals surface area contributed by atoms with Crippen molar-refractivity contribution in [2.45, 2.75) is 25.8 Å². The van der Waals surface area contributed by atoms with E-state index in [2.05, 4.69) is 22.0 Å². The van der Waals surface area contributed by atoms with Crippen molar-refractivity contribution < 1.29 is 9.21 Å². The average molecular weight is 326 g/mol. The van der Waals surface area contributed by atoms with Gasteiger partial charge in [0.15, 0.2) is 0 Å². The maximum absolute atomic E-state index is 12.1. The summed E-state index contributed by atoms with van der Waals surface area (Å²) in [6.45, 7) is 5.37. The van der Waals surface area contributed by atoms with Gasteiger partial charge >= 0.3 is 0 Å². The molecule has 1 aliphatic heterocycles. The number of piperazine rings is 1. The van der Waals surface area contributed by atoms with Crippen LogP contribution in [-0.2, 0) is 4.79 Å². The number of aromatic nitrogens is 2. The van der Waals surface area contributed by atoms with Crippen molar-refractivity contribution in [3.05, 3.63) is 36.2 Å². The van der Waals surface area contributed by atoms with Crippen LogP contribution in [0.15, 0.2) is 34.7 Å². The second kappa shape index (κ2) is 6.36. The van der Waals surface area contributed by atoms with E-state index in [9.17, 15) is 4.79 Å². The normalized spacial score (nSPS) is 20.1. The molecule has 1 aromatic carbocycles. The summed E-state index contributed by atoms with van der Waals surface area (Å²) in [5.74, 6) is 1.83. The molecule has 0 N–H and O–H groups in total. The quantitative estimate of drug-likeness (QED) is 0.863. The molecule has 0 spiro atoms. The highest BCUT2D eigenvalue weighted by molar-refractivity contribution is 5.81. The minimum absolute atomic E-state index is 0.0631. The number of benzene rings is 1. The summed E-state index contributed by atoms with van der Waals surface area (Å²) in [5.41, 5.74) is 0.934.